The van der Waals surface area contributed by atoms with Crippen molar-refractivity contribution >= 4 is 56.6 Å². The Balaban J connectivity index is 2.00. The van der Waals surface area contributed by atoms with Gasteiger partial charge in [0.2, 0.25) is 5.91 Å². The summed E-state index contributed by atoms with van der Waals surface area (Å²) < 4.78 is 1.72. The third-order valence-corrected chi connectivity index (χ3v) is 5.15. The highest BCUT2D eigenvalue weighted by molar-refractivity contribution is 9.10. The maximum atomic E-state index is 11.8. The summed E-state index contributed by atoms with van der Waals surface area (Å²) in [7, 11) is 0. The van der Waals surface area contributed by atoms with E-state index in [2.05, 4.69) is 21.2 Å². The number of carboxylic acids is 1. The number of nitrogens with one attached hydrogen (secondary N) is 1. The van der Waals surface area contributed by atoms with Crippen LogP contribution in [-0.2, 0) is 4.79 Å². The van der Waals surface area contributed by atoms with Gasteiger partial charge in [0.05, 0.1) is 21.2 Å². The van der Waals surface area contributed by atoms with Gasteiger partial charge in [0.15, 0.2) is 0 Å². The average Bonchev–Trinajstić information content (AvgIpc) is 2.92. The lowest BCUT2D eigenvalue weighted by Gasteiger charge is -2.08. The van der Waals surface area contributed by atoms with Gasteiger partial charge in [-0.3, -0.25) is 4.79 Å². The number of hydrogen-bond acceptors (Lipinski definition) is 4. The second-order valence-corrected chi connectivity index (χ2v) is 6.85. The molecule has 1 aromatic carbocycles. The largest absolute Gasteiger partial charge is 0.478 e. The Morgan fingerprint density at radius 3 is 2.80 bits per heavy atom. The smallest absolute Gasteiger partial charge is 0.335 e. The van der Waals surface area contributed by atoms with Crippen molar-refractivity contribution in [1.29, 1.82) is 0 Å². The van der Waals surface area contributed by atoms with Crippen molar-refractivity contribution in [3.05, 3.63) is 45.7 Å². The molecule has 1 heterocycles. The Bertz CT molecular complexity index is 629. The van der Waals surface area contributed by atoms with Crippen LogP contribution in [0.1, 0.15) is 10.4 Å². The molecule has 0 aliphatic heterocycles. The highest BCUT2D eigenvalue weighted by Gasteiger charge is 2.10. The number of hydrogen-bond donors (Lipinski definition) is 2. The van der Waals surface area contributed by atoms with E-state index in [-0.39, 0.29) is 17.2 Å². The first-order valence-electron chi connectivity index (χ1n) is 5.55. The molecule has 0 fully saturated rings. The zero-order valence-electron chi connectivity index (χ0n) is 10.1. The number of carboxylic acid groups (broad SMARTS) is 1. The Morgan fingerprint density at radius 2 is 2.15 bits per heavy atom. The number of thiophene rings is 1. The second-order valence-electron chi connectivity index (χ2n) is 3.77. The van der Waals surface area contributed by atoms with Gasteiger partial charge in [-0.25, -0.2) is 4.79 Å². The van der Waals surface area contributed by atoms with Crippen molar-refractivity contribution < 1.29 is 14.7 Å². The third kappa shape index (κ3) is 4.09. The SMILES string of the molecule is O=C(CSc1cccs1)Nc1cc(C(=O)O)ccc1Br. The maximum Gasteiger partial charge on any atom is 0.335 e. The Morgan fingerprint density at radius 1 is 1.35 bits per heavy atom. The molecule has 1 amide bonds. The topological polar surface area (TPSA) is 66.4 Å². The molecule has 0 saturated carbocycles. The van der Waals surface area contributed by atoms with E-state index in [0.717, 1.165) is 4.21 Å². The predicted molar refractivity (Wildman–Crippen MR) is 84.8 cm³/mol. The summed E-state index contributed by atoms with van der Waals surface area (Å²) in [6.45, 7) is 0. The standard InChI is InChI=1S/C13H10BrNO3S2/c14-9-4-3-8(13(17)18)6-10(9)15-11(16)7-20-12-2-1-5-19-12/h1-6H,7H2,(H,15,16)(H,17,18). The lowest BCUT2D eigenvalue weighted by atomic mass is 10.2. The number of thioether (sulfide) groups is 1. The summed E-state index contributed by atoms with van der Waals surface area (Å²) in [6, 6.07) is 8.38. The minimum Gasteiger partial charge on any atom is -0.478 e. The van der Waals surface area contributed by atoms with E-state index in [1.165, 1.54) is 23.9 Å². The molecule has 0 spiro atoms. The van der Waals surface area contributed by atoms with Crippen LogP contribution in [0, 0.1) is 0 Å². The number of carbonyl (C=O) groups is 2. The van der Waals surface area contributed by atoms with E-state index in [1.54, 1.807) is 17.4 Å². The number of aromatic carboxylic acids is 1. The summed E-state index contributed by atoms with van der Waals surface area (Å²) in [6.07, 6.45) is 0. The Labute approximate surface area is 132 Å². The van der Waals surface area contributed by atoms with Crippen LogP contribution in [0.25, 0.3) is 0 Å². The van der Waals surface area contributed by atoms with Crippen molar-refractivity contribution in [1.82, 2.24) is 0 Å². The van der Waals surface area contributed by atoms with Crippen LogP contribution >= 0.6 is 39.0 Å². The molecule has 2 aromatic rings. The molecule has 0 unspecified atom stereocenters. The molecule has 20 heavy (non-hydrogen) atoms. The lowest BCUT2D eigenvalue weighted by Crippen LogP contribution is -2.14. The number of carbonyl (C=O) groups excluding carboxylic acids is 1. The van der Waals surface area contributed by atoms with Gasteiger partial charge in [-0.15, -0.1) is 23.1 Å². The van der Waals surface area contributed by atoms with Gasteiger partial charge in [0, 0.05) is 4.47 Å². The third-order valence-electron chi connectivity index (χ3n) is 2.33. The van der Waals surface area contributed by atoms with Crippen LogP contribution in [0.15, 0.2) is 44.4 Å². The van der Waals surface area contributed by atoms with Crippen molar-refractivity contribution in [3.63, 3.8) is 0 Å². The zero-order valence-corrected chi connectivity index (χ0v) is 13.3. The molecular weight excluding hydrogens is 362 g/mol. The van der Waals surface area contributed by atoms with E-state index in [9.17, 15) is 9.59 Å². The Kier molecular flexibility index (Phi) is 5.22. The van der Waals surface area contributed by atoms with Gasteiger partial charge in [-0.1, -0.05) is 6.07 Å². The molecule has 4 nitrogen and oxygen atoms in total. The summed E-state index contributed by atoms with van der Waals surface area (Å²) in [5.74, 6) is -0.919. The fraction of sp³-hybridized carbons (Fsp3) is 0.0769. The molecule has 1 aromatic heterocycles. The summed E-state index contributed by atoms with van der Waals surface area (Å²) in [4.78, 5) is 22.7. The molecular formula is C13H10BrNO3S2. The van der Waals surface area contributed by atoms with Crippen molar-refractivity contribution in [2.24, 2.45) is 0 Å². The number of benzene rings is 1. The quantitative estimate of drug-likeness (QED) is 0.781. The predicted octanol–water partition coefficient (Wildman–Crippen LogP) is 3.94. The number of anilines is 1. The first-order valence-corrected chi connectivity index (χ1v) is 8.21. The van der Waals surface area contributed by atoms with Gasteiger partial charge in [-0.05, 0) is 45.6 Å². The van der Waals surface area contributed by atoms with Crippen LogP contribution in [0.5, 0.6) is 0 Å². The monoisotopic (exact) mass is 371 g/mol. The van der Waals surface area contributed by atoms with Gasteiger partial charge in [0.25, 0.3) is 0 Å². The molecule has 104 valence electrons. The number of amides is 1. The molecule has 2 N–H and O–H groups in total. The summed E-state index contributed by atoms with van der Waals surface area (Å²) in [5, 5.41) is 13.6. The van der Waals surface area contributed by atoms with E-state index in [1.807, 2.05) is 17.5 Å². The van der Waals surface area contributed by atoms with Crippen molar-refractivity contribution in [2.75, 3.05) is 11.1 Å². The number of halogens is 1. The van der Waals surface area contributed by atoms with Crippen LogP contribution in [-0.4, -0.2) is 22.7 Å². The van der Waals surface area contributed by atoms with E-state index >= 15 is 0 Å². The fourth-order valence-electron chi connectivity index (χ4n) is 1.42. The first kappa shape index (κ1) is 15.1. The molecule has 0 aliphatic rings. The molecule has 0 bridgehead atoms. The van der Waals surface area contributed by atoms with E-state index in [0.29, 0.717) is 10.2 Å². The lowest BCUT2D eigenvalue weighted by molar-refractivity contribution is -0.113. The summed E-state index contributed by atoms with van der Waals surface area (Å²) in [5.41, 5.74) is 0.594. The summed E-state index contributed by atoms with van der Waals surface area (Å²) >= 11 is 6.31. The highest BCUT2D eigenvalue weighted by atomic mass is 79.9. The molecule has 0 aliphatic carbocycles. The highest BCUT2D eigenvalue weighted by Crippen LogP contribution is 2.26. The van der Waals surface area contributed by atoms with Crippen LogP contribution in [0.3, 0.4) is 0 Å². The molecule has 0 radical (unpaired) electrons. The van der Waals surface area contributed by atoms with E-state index in [4.69, 9.17) is 5.11 Å². The maximum absolute atomic E-state index is 11.8. The minimum atomic E-state index is -1.03. The molecule has 2 rings (SSSR count). The average molecular weight is 372 g/mol. The molecule has 0 saturated heterocycles. The van der Waals surface area contributed by atoms with Gasteiger partial charge in [-0.2, -0.15) is 0 Å². The number of rotatable bonds is 5. The first-order chi connectivity index (χ1) is 9.56. The normalized spacial score (nSPS) is 10.2. The van der Waals surface area contributed by atoms with E-state index < -0.39 is 5.97 Å². The van der Waals surface area contributed by atoms with Gasteiger partial charge >= 0.3 is 5.97 Å². The van der Waals surface area contributed by atoms with Crippen LogP contribution in [0.2, 0.25) is 0 Å². The van der Waals surface area contributed by atoms with Gasteiger partial charge in [0.1, 0.15) is 0 Å². The Hall–Kier alpha value is -1.31. The second kappa shape index (κ2) is 6.92. The van der Waals surface area contributed by atoms with Gasteiger partial charge < -0.3 is 10.4 Å². The van der Waals surface area contributed by atoms with Crippen LogP contribution < -0.4 is 5.32 Å². The van der Waals surface area contributed by atoms with Crippen molar-refractivity contribution in [3.8, 4) is 0 Å². The minimum absolute atomic E-state index is 0.134. The molecule has 7 heteroatoms. The van der Waals surface area contributed by atoms with Crippen molar-refractivity contribution in [2.45, 2.75) is 4.21 Å². The zero-order chi connectivity index (χ0) is 14.5. The van der Waals surface area contributed by atoms with Crippen LogP contribution in [0.4, 0.5) is 5.69 Å². The fourth-order valence-corrected chi connectivity index (χ4v) is 3.35. The molecule has 0 atom stereocenters.